The molecule has 9 heteroatoms. The van der Waals surface area contributed by atoms with E-state index in [0.29, 0.717) is 5.39 Å². The molecular weight excluding hydrogens is 442 g/mol. The summed E-state index contributed by atoms with van der Waals surface area (Å²) in [6, 6.07) is 17.0. The number of hydrogen-bond donors (Lipinski definition) is 1. The van der Waals surface area contributed by atoms with Crippen molar-refractivity contribution in [3.8, 4) is 17.2 Å². The van der Waals surface area contributed by atoms with E-state index in [0.717, 1.165) is 0 Å². The van der Waals surface area contributed by atoms with Crippen molar-refractivity contribution < 1.29 is 23.6 Å². The third-order valence-electron chi connectivity index (χ3n) is 5.92. The quantitative estimate of drug-likeness (QED) is 0.224. The molecule has 5 aromatic rings. The molecule has 1 aliphatic heterocycles. The zero-order valence-corrected chi connectivity index (χ0v) is 17.2. The van der Waals surface area contributed by atoms with Gasteiger partial charge in [-0.3, -0.25) is 10.1 Å². The van der Waals surface area contributed by atoms with Crippen LogP contribution in [0, 0.1) is 10.1 Å². The molecule has 1 atom stereocenters. The Labute approximate surface area is 189 Å². The van der Waals surface area contributed by atoms with E-state index in [4.69, 9.17) is 13.6 Å². The van der Waals surface area contributed by atoms with Crippen LogP contribution in [-0.2, 0) is 0 Å². The lowest BCUT2D eigenvalue weighted by molar-refractivity contribution is -0.384. The first-order chi connectivity index (χ1) is 16.4. The van der Waals surface area contributed by atoms with Gasteiger partial charge < -0.3 is 18.7 Å². The lowest BCUT2D eigenvalue weighted by atomic mass is 9.82. The van der Waals surface area contributed by atoms with E-state index in [1.807, 2.05) is 0 Å². The molecule has 0 amide bonds. The minimum Gasteiger partial charge on any atom is -0.507 e. The first kappa shape index (κ1) is 19.7. The van der Waals surface area contributed by atoms with Gasteiger partial charge in [0, 0.05) is 17.7 Å². The summed E-state index contributed by atoms with van der Waals surface area (Å²) in [6.07, 6.45) is 0. The lowest BCUT2D eigenvalue weighted by Crippen LogP contribution is -2.25. The van der Waals surface area contributed by atoms with Crippen LogP contribution in [0.15, 0.2) is 85.2 Å². The van der Waals surface area contributed by atoms with Gasteiger partial charge in [-0.2, -0.15) is 0 Å². The molecule has 0 fully saturated rings. The third-order valence-corrected chi connectivity index (χ3v) is 5.92. The van der Waals surface area contributed by atoms with Gasteiger partial charge in [0.2, 0.25) is 0 Å². The molecule has 166 valence electrons. The summed E-state index contributed by atoms with van der Waals surface area (Å²) < 4.78 is 17.0. The van der Waals surface area contributed by atoms with Gasteiger partial charge in [0.15, 0.2) is 0 Å². The minimum atomic E-state index is -1.24. The molecule has 1 N–H and O–H groups in total. The molecule has 0 radical (unpaired) electrons. The SMILES string of the molecule is O=c1oc2ccccc2c(O)c1C1c2cc([N+](=O)[O-])ccc2Oc2c1c(=O)oc1ccccc21. The highest BCUT2D eigenvalue weighted by Crippen LogP contribution is 2.50. The molecule has 0 aliphatic carbocycles. The van der Waals surface area contributed by atoms with Crippen LogP contribution in [-0.4, -0.2) is 10.0 Å². The highest BCUT2D eigenvalue weighted by atomic mass is 16.6. The number of para-hydroxylation sites is 2. The van der Waals surface area contributed by atoms with Crippen molar-refractivity contribution in [2.24, 2.45) is 0 Å². The smallest absolute Gasteiger partial charge is 0.344 e. The standard InChI is InChI=1S/C25H13NO8/c27-22-13-5-1-3-7-16(13)33-24(28)20(22)19-15-11-12(26(30)31)9-10-18(15)32-23-14-6-2-4-8-17(14)34-25(29)21(19)23/h1-11,19,27H. The molecule has 3 aromatic carbocycles. The molecule has 1 aliphatic rings. The van der Waals surface area contributed by atoms with E-state index < -0.39 is 27.8 Å². The van der Waals surface area contributed by atoms with Gasteiger partial charge in [-0.25, -0.2) is 9.59 Å². The van der Waals surface area contributed by atoms with Crippen LogP contribution < -0.4 is 16.0 Å². The monoisotopic (exact) mass is 455 g/mol. The van der Waals surface area contributed by atoms with Gasteiger partial charge in [0.05, 0.1) is 32.7 Å². The topological polar surface area (TPSA) is 133 Å². The molecule has 3 heterocycles. The number of nitro benzene ring substituents is 1. The number of nitrogens with zero attached hydrogens (tertiary/aromatic N) is 1. The normalized spacial score (nSPS) is 14.4. The molecule has 2 aromatic heterocycles. The summed E-state index contributed by atoms with van der Waals surface area (Å²) in [6.45, 7) is 0. The maximum atomic E-state index is 13.2. The average Bonchev–Trinajstić information content (AvgIpc) is 2.83. The van der Waals surface area contributed by atoms with Crippen LogP contribution in [0.2, 0.25) is 0 Å². The highest BCUT2D eigenvalue weighted by molar-refractivity contribution is 5.88. The lowest BCUT2D eigenvalue weighted by Gasteiger charge is -2.27. The van der Waals surface area contributed by atoms with E-state index in [2.05, 4.69) is 0 Å². The number of hydrogen-bond acceptors (Lipinski definition) is 8. The van der Waals surface area contributed by atoms with Gasteiger partial charge in [-0.05, 0) is 30.3 Å². The van der Waals surface area contributed by atoms with Crippen molar-refractivity contribution in [1.82, 2.24) is 0 Å². The molecule has 0 saturated heterocycles. The Bertz CT molecular complexity index is 1760. The summed E-state index contributed by atoms with van der Waals surface area (Å²) in [5.41, 5.74) is -1.69. The predicted octanol–water partition coefficient (Wildman–Crippen LogP) is 4.80. The van der Waals surface area contributed by atoms with E-state index in [1.165, 1.54) is 24.3 Å². The van der Waals surface area contributed by atoms with Crippen molar-refractivity contribution in [2.75, 3.05) is 0 Å². The van der Waals surface area contributed by atoms with Crippen molar-refractivity contribution in [2.45, 2.75) is 5.92 Å². The third kappa shape index (κ3) is 2.73. The summed E-state index contributed by atoms with van der Waals surface area (Å²) >= 11 is 0. The Morgan fingerprint density at radius 2 is 1.44 bits per heavy atom. The fourth-order valence-electron chi connectivity index (χ4n) is 4.43. The predicted molar refractivity (Wildman–Crippen MR) is 121 cm³/mol. The van der Waals surface area contributed by atoms with Gasteiger partial charge >= 0.3 is 11.3 Å². The number of non-ortho nitro benzene ring substituents is 1. The Balaban J connectivity index is 1.77. The van der Waals surface area contributed by atoms with Crippen LogP contribution in [0.5, 0.6) is 17.2 Å². The second-order valence-electron chi connectivity index (χ2n) is 7.79. The van der Waals surface area contributed by atoms with Crippen LogP contribution in [0.1, 0.15) is 22.6 Å². The Morgan fingerprint density at radius 1 is 0.824 bits per heavy atom. The van der Waals surface area contributed by atoms with Gasteiger partial charge in [0.1, 0.15) is 28.4 Å². The van der Waals surface area contributed by atoms with E-state index in [-0.39, 0.29) is 50.4 Å². The van der Waals surface area contributed by atoms with Crippen LogP contribution >= 0.6 is 0 Å². The van der Waals surface area contributed by atoms with E-state index >= 15 is 0 Å². The van der Waals surface area contributed by atoms with Gasteiger partial charge in [-0.1, -0.05) is 24.3 Å². The summed E-state index contributed by atoms with van der Waals surface area (Å²) in [5, 5.41) is 23.4. The second kappa shape index (κ2) is 7.04. The largest absolute Gasteiger partial charge is 0.507 e. The molecule has 1 unspecified atom stereocenters. The first-order valence-electron chi connectivity index (χ1n) is 10.2. The molecular formula is C25H13NO8. The van der Waals surface area contributed by atoms with Crippen molar-refractivity contribution in [3.05, 3.63) is 114 Å². The molecule has 0 bridgehead atoms. The fourth-order valence-corrected chi connectivity index (χ4v) is 4.43. The zero-order chi connectivity index (χ0) is 23.6. The number of fused-ring (bicyclic) bond motifs is 5. The maximum Gasteiger partial charge on any atom is 0.344 e. The number of nitro groups is 1. The maximum absolute atomic E-state index is 13.2. The van der Waals surface area contributed by atoms with E-state index in [1.54, 1.807) is 42.5 Å². The fraction of sp³-hybridized carbons (Fsp3) is 0.0400. The molecule has 6 rings (SSSR count). The van der Waals surface area contributed by atoms with Crippen LogP contribution in [0.25, 0.3) is 21.9 Å². The summed E-state index contributed by atoms with van der Waals surface area (Å²) in [7, 11) is 0. The number of benzene rings is 3. The van der Waals surface area contributed by atoms with E-state index in [9.17, 15) is 24.8 Å². The first-order valence-corrected chi connectivity index (χ1v) is 10.2. The van der Waals surface area contributed by atoms with Gasteiger partial charge in [0.25, 0.3) is 5.69 Å². The Hall–Kier alpha value is -4.92. The highest BCUT2D eigenvalue weighted by Gasteiger charge is 2.39. The van der Waals surface area contributed by atoms with Gasteiger partial charge in [-0.15, -0.1) is 0 Å². The average molecular weight is 455 g/mol. The van der Waals surface area contributed by atoms with Crippen molar-refractivity contribution in [3.63, 3.8) is 0 Å². The second-order valence-corrected chi connectivity index (χ2v) is 7.79. The molecule has 9 nitrogen and oxygen atoms in total. The molecule has 0 spiro atoms. The van der Waals surface area contributed by atoms with Crippen LogP contribution in [0.4, 0.5) is 5.69 Å². The molecule has 0 saturated carbocycles. The number of aromatic hydroxyl groups is 1. The van der Waals surface area contributed by atoms with Crippen LogP contribution in [0.3, 0.4) is 0 Å². The van der Waals surface area contributed by atoms with Crippen molar-refractivity contribution >= 4 is 27.6 Å². The molecule has 34 heavy (non-hydrogen) atoms. The van der Waals surface area contributed by atoms with Crippen molar-refractivity contribution in [1.29, 1.82) is 0 Å². The summed E-state index contributed by atoms with van der Waals surface area (Å²) in [4.78, 5) is 37.2. The zero-order valence-electron chi connectivity index (χ0n) is 17.2. The number of rotatable bonds is 2. The number of ether oxygens (including phenoxy) is 1. The summed E-state index contributed by atoms with van der Waals surface area (Å²) in [5.74, 6) is -1.29. The Kier molecular flexibility index (Phi) is 4.09. The Morgan fingerprint density at radius 3 is 2.15 bits per heavy atom. The minimum absolute atomic E-state index is 0.0652.